The molecule has 1 aromatic heterocycles. The van der Waals surface area contributed by atoms with Crippen molar-refractivity contribution in [2.45, 2.75) is 25.8 Å². The van der Waals surface area contributed by atoms with Crippen LogP contribution < -0.4 is 5.32 Å². The van der Waals surface area contributed by atoms with Gasteiger partial charge in [0, 0.05) is 24.5 Å². The van der Waals surface area contributed by atoms with E-state index in [2.05, 4.69) is 17.2 Å². The number of nitrogens with zero attached hydrogens (tertiary/aromatic N) is 2. The van der Waals surface area contributed by atoms with Crippen molar-refractivity contribution in [2.75, 3.05) is 6.54 Å². The van der Waals surface area contributed by atoms with Gasteiger partial charge in [-0.15, -0.1) is 0 Å². The molecule has 0 aliphatic carbocycles. The summed E-state index contributed by atoms with van der Waals surface area (Å²) in [5, 5.41) is 3.97. The average Bonchev–Trinajstić information content (AvgIpc) is 2.84. The Balaban J connectivity index is 2.23. The van der Waals surface area contributed by atoms with E-state index in [4.69, 9.17) is 11.6 Å². The summed E-state index contributed by atoms with van der Waals surface area (Å²) in [6, 6.07) is 4.63. The summed E-state index contributed by atoms with van der Waals surface area (Å²) in [5.74, 6) is 0.671. The molecule has 0 fully saturated rings. The fourth-order valence-electron chi connectivity index (χ4n) is 2.21. The van der Waals surface area contributed by atoms with Crippen LogP contribution in [0, 0.1) is 5.82 Å². The van der Waals surface area contributed by atoms with Crippen molar-refractivity contribution in [1.82, 2.24) is 14.9 Å². The van der Waals surface area contributed by atoms with Crippen molar-refractivity contribution < 1.29 is 4.39 Å². The zero-order chi connectivity index (χ0) is 14.5. The van der Waals surface area contributed by atoms with Crippen LogP contribution in [0.1, 0.15) is 30.8 Å². The average molecular weight is 296 g/mol. The van der Waals surface area contributed by atoms with Crippen molar-refractivity contribution in [3.63, 3.8) is 0 Å². The molecule has 2 aromatic rings. The van der Waals surface area contributed by atoms with Crippen LogP contribution in [0.15, 0.2) is 30.6 Å². The van der Waals surface area contributed by atoms with Crippen LogP contribution in [-0.2, 0) is 13.5 Å². The maximum absolute atomic E-state index is 13.9. The van der Waals surface area contributed by atoms with Gasteiger partial charge < -0.3 is 9.88 Å². The molecular formula is C15H19ClFN3. The number of hydrogen-bond donors (Lipinski definition) is 1. The van der Waals surface area contributed by atoms with Gasteiger partial charge in [-0.3, -0.25) is 0 Å². The van der Waals surface area contributed by atoms with Crippen LogP contribution >= 0.6 is 11.6 Å². The topological polar surface area (TPSA) is 29.9 Å². The highest BCUT2D eigenvalue weighted by molar-refractivity contribution is 6.30. The van der Waals surface area contributed by atoms with Crippen molar-refractivity contribution in [3.8, 4) is 0 Å². The number of aryl methyl sites for hydroxylation is 1. The number of nitrogens with one attached hydrogen (secondary N) is 1. The molecule has 5 heteroatoms. The first kappa shape index (κ1) is 15.0. The van der Waals surface area contributed by atoms with E-state index in [1.54, 1.807) is 18.3 Å². The fourth-order valence-corrected chi connectivity index (χ4v) is 2.40. The molecule has 0 amide bonds. The number of rotatable bonds is 6. The van der Waals surface area contributed by atoms with Crippen LogP contribution in [0.25, 0.3) is 0 Å². The van der Waals surface area contributed by atoms with Gasteiger partial charge in [0.2, 0.25) is 0 Å². The van der Waals surface area contributed by atoms with Crippen LogP contribution in [0.2, 0.25) is 5.02 Å². The van der Waals surface area contributed by atoms with Crippen LogP contribution in [0.4, 0.5) is 4.39 Å². The summed E-state index contributed by atoms with van der Waals surface area (Å²) in [5.41, 5.74) is 0.606. The molecule has 0 aliphatic heterocycles. The minimum Gasteiger partial charge on any atom is -0.337 e. The second kappa shape index (κ2) is 6.86. The Labute approximate surface area is 123 Å². The maximum atomic E-state index is 13.9. The quantitative estimate of drug-likeness (QED) is 0.884. The van der Waals surface area contributed by atoms with Crippen LogP contribution in [0.3, 0.4) is 0 Å². The third kappa shape index (κ3) is 3.58. The van der Waals surface area contributed by atoms with Gasteiger partial charge in [-0.25, -0.2) is 9.37 Å². The second-order valence-corrected chi connectivity index (χ2v) is 5.28. The maximum Gasteiger partial charge on any atom is 0.126 e. The summed E-state index contributed by atoms with van der Waals surface area (Å²) in [7, 11) is 1.94. The van der Waals surface area contributed by atoms with E-state index in [1.807, 2.05) is 17.8 Å². The standard InChI is InChI=1S/C15H19ClFN3/c1-3-6-18-14(15-19-7-8-20(15)2)10-11-9-12(16)4-5-13(11)17/h4-5,7-9,14,18H,3,6,10H2,1-2H3. The SMILES string of the molecule is CCCNC(Cc1cc(Cl)ccc1F)c1nccn1C. The first-order chi connectivity index (χ1) is 9.61. The highest BCUT2D eigenvalue weighted by Crippen LogP contribution is 2.21. The van der Waals surface area contributed by atoms with Gasteiger partial charge in [0.15, 0.2) is 0 Å². The van der Waals surface area contributed by atoms with Gasteiger partial charge in [0.05, 0.1) is 6.04 Å². The molecule has 0 radical (unpaired) electrons. The molecule has 108 valence electrons. The van der Waals surface area contributed by atoms with Crippen molar-refractivity contribution in [3.05, 3.63) is 52.8 Å². The van der Waals surface area contributed by atoms with E-state index in [1.165, 1.54) is 6.07 Å². The Morgan fingerprint density at radius 1 is 1.45 bits per heavy atom. The second-order valence-electron chi connectivity index (χ2n) is 4.84. The van der Waals surface area contributed by atoms with Gasteiger partial charge in [0.25, 0.3) is 0 Å². The first-order valence-electron chi connectivity index (χ1n) is 6.76. The fraction of sp³-hybridized carbons (Fsp3) is 0.400. The molecule has 1 atom stereocenters. The molecule has 0 aliphatic rings. The lowest BCUT2D eigenvalue weighted by Crippen LogP contribution is -2.27. The summed E-state index contributed by atoms with van der Waals surface area (Å²) in [4.78, 5) is 4.36. The molecule has 0 saturated carbocycles. The van der Waals surface area contributed by atoms with Gasteiger partial charge in [0.1, 0.15) is 11.6 Å². The van der Waals surface area contributed by atoms with Crippen LogP contribution in [-0.4, -0.2) is 16.1 Å². The predicted octanol–water partition coefficient (Wildman–Crippen LogP) is 3.50. The monoisotopic (exact) mass is 295 g/mol. The lowest BCUT2D eigenvalue weighted by Gasteiger charge is -2.19. The number of benzene rings is 1. The summed E-state index contributed by atoms with van der Waals surface area (Å²) in [6.45, 7) is 2.96. The number of imidazole rings is 1. The smallest absolute Gasteiger partial charge is 0.126 e. The molecule has 3 nitrogen and oxygen atoms in total. The lowest BCUT2D eigenvalue weighted by atomic mass is 10.0. The normalized spacial score (nSPS) is 12.6. The predicted molar refractivity (Wildman–Crippen MR) is 79.4 cm³/mol. The Hall–Kier alpha value is -1.39. The van der Waals surface area contributed by atoms with E-state index in [9.17, 15) is 4.39 Å². The van der Waals surface area contributed by atoms with Crippen molar-refractivity contribution in [1.29, 1.82) is 0 Å². The Bertz CT molecular complexity index is 568. The summed E-state index contributed by atoms with van der Waals surface area (Å²) in [6.07, 6.45) is 5.19. The van der Waals surface area contributed by atoms with E-state index < -0.39 is 0 Å². The van der Waals surface area contributed by atoms with Crippen LogP contribution in [0.5, 0.6) is 0 Å². The highest BCUT2D eigenvalue weighted by atomic mass is 35.5. The highest BCUT2D eigenvalue weighted by Gasteiger charge is 2.17. The van der Waals surface area contributed by atoms with Gasteiger partial charge >= 0.3 is 0 Å². The molecule has 1 heterocycles. The molecular weight excluding hydrogens is 277 g/mol. The van der Waals surface area contributed by atoms with Crippen molar-refractivity contribution in [2.24, 2.45) is 7.05 Å². The van der Waals surface area contributed by atoms with E-state index in [-0.39, 0.29) is 11.9 Å². The lowest BCUT2D eigenvalue weighted by molar-refractivity contribution is 0.481. The Morgan fingerprint density at radius 3 is 2.90 bits per heavy atom. The third-order valence-corrected chi connectivity index (χ3v) is 3.48. The molecule has 2 rings (SSSR count). The largest absolute Gasteiger partial charge is 0.337 e. The molecule has 20 heavy (non-hydrogen) atoms. The number of hydrogen-bond acceptors (Lipinski definition) is 2. The van der Waals surface area contributed by atoms with Gasteiger partial charge in [-0.05, 0) is 43.1 Å². The van der Waals surface area contributed by atoms with E-state index in [0.29, 0.717) is 17.0 Å². The Kier molecular flexibility index (Phi) is 5.15. The molecule has 1 N–H and O–H groups in total. The summed E-state index contributed by atoms with van der Waals surface area (Å²) < 4.78 is 15.8. The summed E-state index contributed by atoms with van der Waals surface area (Å²) >= 11 is 5.95. The molecule has 1 unspecified atom stereocenters. The molecule has 0 saturated heterocycles. The van der Waals surface area contributed by atoms with E-state index in [0.717, 1.165) is 18.8 Å². The van der Waals surface area contributed by atoms with Gasteiger partial charge in [-0.1, -0.05) is 18.5 Å². The molecule has 0 bridgehead atoms. The zero-order valence-corrected chi connectivity index (χ0v) is 12.5. The van der Waals surface area contributed by atoms with Crippen molar-refractivity contribution >= 4 is 11.6 Å². The van der Waals surface area contributed by atoms with Gasteiger partial charge in [-0.2, -0.15) is 0 Å². The molecule has 0 spiro atoms. The minimum absolute atomic E-state index is 0.0251. The zero-order valence-electron chi connectivity index (χ0n) is 11.7. The number of aromatic nitrogens is 2. The van der Waals surface area contributed by atoms with E-state index >= 15 is 0 Å². The molecule has 1 aromatic carbocycles. The third-order valence-electron chi connectivity index (χ3n) is 3.24. The number of halogens is 2. The Morgan fingerprint density at radius 2 is 2.25 bits per heavy atom. The minimum atomic E-state index is -0.230. The first-order valence-corrected chi connectivity index (χ1v) is 7.14.